The van der Waals surface area contributed by atoms with E-state index in [2.05, 4.69) is 20.1 Å². The minimum atomic E-state index is -3.11. The molecular weight excluding hydrogens is 412 g/mol. The number of nitrogens with zero attached hydrogens (tertiary/aromatic N) is 5. The molecule has 1 aromatic rings. The van der Waals surface area contributed by atoms with E-state index in [-0.39, 0.29) is 5.75 Å². The van der Waals surface area contributed by atoms with E-state index in [1.54, 1.807) is 4.31 Å². The van der Waals surface area contributed by atoms with Crippen molar-refractivity contribution in [3.63, 3.8) is 0 Å². The quantitative estimate of drug-likeness (QED) is 0.684. The van der Waals surface area contributed by atoms with Gasteiger partial charge in [0, 0.05) is 57.5 Å². The van der Waals surface area contributed by atoms with E-state index in [1.165, 1.54) is 25.7 Å². The molecular formula is C22H38N6O2S. The van der Waals surface area contributed by atoms with Crippen LogP contribution >= 0.6 is 0 Å². The van der Waals surface area contributed by atoms with Crippen LogP contribution in [0.4, 0.5) is 11.8 Å². The lowest BCUT2D eigenvalue weighted by Gasteiger charge is -2.37. The maximum absolute atomic E-state index is 12.5. The molecule has 0 spiro atoms. The highest BCUT2D eigenvalue weighted by molar-refractivity contribution is 7.89. The first-order chi connectivity index (χ1) is 15.0. The lowest BCUT2D eigenvalue weighted by Crippen LogP contribution is -2.49. The summed E-state index contributed by atoms with van der Waals surface area (Å²) in [4.78, 5) is 14.1. The molecule has 3 aliphatic rings. The molecule has 0 saturated carbocycles. The maximum Gasteiger partial charge on any atom is 0.224 e. The third-order valence-corrected chi connectivity index (χ3v) is 8.90. The Morgan fingerprint density at radius 3 is 2.61 bits per heavy atom. The summed E-state index contributed by atoms with van der Waals surface area (Å²) in [6.45, 7) is 7.31. The number of piperidine rings is 1. The molecule has 3 fully saturated rings. The molecule has 0 radical (unpaired) electrons. The zero-order valence-corrected chi connectivity index (χ0v) is 19.7. The van der Waals surface area contributed by atoms with E-state index in [1.807, 2.05) is 19.2 Å². The van der Waals surface area contributed by atoms with Crippen molar-refractivity contribution in [3.05, 3.63) is 12.3 Å². The topological polar surface area (TPSA) is 81.7 Å². The summed E-state index contributed by atoms with van der Waals surface area (Å²) in [5.74, 6) is 2.00. The fourth-order valence-electron chi connectivity index (χ4n) is 5.17. The van der Waals surface area contributed by atoms with Gasteiger partial charge in [0.2, 0.25) is 16.0 Å². The first-order valence-corrected chi connectivity index (χ1v) is 13.7. The first-order valence-electron chi connectivity index (χ1n) is 12.1. The van der Waals surface area contributed by atoms with E-state index in [4.69, 9.17) is 4.98 Å². The van der Waals surface area contributed by atoms with Crippen LogP contribution in [0.5, 0.6) is 0 Å². The van der Waals surface area contributed by atoms with Gasteiger partial charge in [-0.3, -0.25) is 4.90 Å². The standard InChI is InChI=1S/C22H38N6O2S/c1-2-16-31(29,30)28-14-7-8-20(18-28)27-15-10-19(17-27)24-22-23-11-9-21(25-22)26-12-5-3-4-6-13-26/h9,11,19-20H,2-8,10,12-18H2,1H3,(H,23,24,25). The average Bonchev–Trinajstić information content (AvgIpc) is 3.06. The van der Waals surface area contributed by atoms with E-state index in [9.17, 15) is 8.42 Å². The minimum Gasteiger partial charge on any atom is -0.356 e. The maximum atomic E-state index is 12.5. The molecule has 3 aliphatic heterocycles. The molecule has 2 atom stereocenters. The van der Waals surface area contributed by atoms with Gasteiger partial charge in [0.1, 0.15) is 5.82 Å². The summed E-state index contributed by atoms with van der Waals surface area (Å²) in [6, 6.07) is 2.64. The summed E-state index contributed by atoms with van der Waals surface area (Å²) >= 11 is 0. The molecule has 4 heterocycles. The van der Waals surface area contributed by atoms with Crippen molar-refractivity contribution in [2.24, 2.45) is 0 Å². The van der Waals surface area contributed by atoms with Crippen LogP contribution in [0.3, 0.4) is 0 Å². The van der Waals surface area contributed by atoms with Gasteiger partial charge in [0.05, 0.1) is 5.75 Å². The molecule has 4 rings (SSSR count). The Bertz CT molecular complexity index is 812. The number of anilines is 2. The fraction of sp³-hybridized carbons (Fsp3) is 0.818. The Kier molecular flexibility index (Phi) is 7.66. The van der Waals surface area contributed by atoms with Crippen LogP contribution in [-0.4, -0.2) is 84.7 Å². The largest absolute Gasteiger partial charge is 0.356 e. The second kappa shape index (κ2) is 10.4. The van der Waals surface area contributed by atoms with Crippen molar-refractivity contribution in [1.29, 1.82) is 0 Å². The molecule has 1 aromatic heterocycles. The number of nitrogens with one attached hydrogen (secondary N) is 1. The first kappa shape index (κ1) is 22.7. The molecule has 2 unspecified atom stereocenters. The van der Waals surface area contributed by atoms with Crippen molar-refractivity contribution < 1.29 is 8.42 Å². The molecule has 31 heavy (non-hydrogen) atoms. The van der Waals surface area contributed by atoms with Crippen molar-refractivity contribution in [1.82, 2.24) is 19.2 Å². The third-order valence-electron chi connectivity index (χ3n) is 6.85. The Labute approximate surface area is 187 Å². The van der Waals surface area contributed by atoms with Gasteiger partial charge in [-0.15, -0.1) is 0 Å². The third kappa shape index (κ3) is 5.87. The number of sulfonamides is 1. The number of aromatic nitrogens is 2. The van der Waals surface area contributed by atoms with E-state index in [0.29, 0.717) is 37.5 Å². The molecule has 9 heteroatoms. The highest BCUT2D eigenvalue weighted by Gasteiger charge is 2.34. The summed E-state index contributed by atoms with van der Waals surface area (Å²) < 4.78 is 26.7. The van der Waals surface area contributed by atoms with Crippen LogP contribution in [0.15, 0.2) is 12.3 Å². The van der Waals surface area contributed by atoms with Gasteiger partial charge in [0.15, 0.2) is 0 Å². The fourth-order valence-corrected chi connectivity index (χ4v) is 6.75. The number of hydrogen-bond donors (Lipinski definition) is 1. The van der Waals surface area contributed by atoms with Gasteiger partial charge in [-0.1, -0.05) is 19.8 Å². The lowest BCUT2D eigenvalue weighted by atomic mass is 10.1. The molecule has 0 bridgehead atoms. The van der Waals surface area contributed by atoms with Gasteiger partial charge in [-0.2, -0.15) is 4.98 Å². The SMILES string of the molecule is CCCS(=O)(=O)N1CCCC(N2CCC(Nc3nccc(N4CCCCCC4)n3)C2)C1. The monoisotopic (exact) mass is 450 g/mol. The van der Waals surface area contributed by atoms with Crippen LogP contribution in [0.25, 0.3) is 0 Å². The second-order valence-electron chi connectivity index (χ2n) is 9.23. The molecule has 3 saturated heterocycles. The van der Waals surface area contributed by atoms with Gasteiger partial charge in [-0.05, 0) is 44.6 Å². The van der Waals surface area contributed by atoms with Crippen molar-refractivity contribution in [2.45, 2.75) is 70.4 Å². The van der Waals surface area contributed by atoms with Crippen LogP contribution in [0.2, 0.25) is 0 Å². The zero-order chi connectivity index (χ0) is 21.7. The predicted octanol–water partition coefficient (Wildman–Crippen LogP) is 2.55. The van der Waals surface area contributed by atoms with Crippen LogP contribution in [0, 0.1) is 0 Å². The number of likely N-dealkylation sites (tertiary alicyclic amines) is 1. The van der Waals surface area contributed by atoms with Crippen molar-refractivity contribution >= 4 is 21.8 Å². The van der Waals surface area contributed by atoms with Crippen LogP contribution in [0.1, 0.15) is 58.3 Å². The average molecular weight is 451 g/mol. The Balaban J connectivity index is 1.32. The summed E-state index contributed by atoms with van der Waals surface area (Å²) in [5.41, 5.74) is 0. The highest BCUT2D eigenvalue weighted by Crippen LogP contribution is 2.24. The van der Waals surface area contributed by atoms with Crippen LogP contribution < -0.4 is 10.2 Å². The Morgan fingerprint density at radius 2 is 1.84 bits per heavy atom. The second-order valence-corrected chi connectivity index (χ2v) is 11.3. The van der Waals surface area contributed by atoms with Crippen molar-refractivity contribution in [3.8, 4) is 0 Å². The highest BCUT2D eigenvalue weighted by atomic mass is 32.2. The molecule has 0 amide bonds. The van der Waals surface area contributed by atoms with Crippen LogP contribution in [-0.2, 0) is 10.0 Å². The Hall–Kier alpha value is -1.45. The van der Waals surface area contributed by atoms with Gasteiger partial charge < -0.3 is 10.2 Å². The molecule has 1 N–H and O–H groups in total. The predicted molar refractivity (Wildman–Crippen MR) is 125 cm³/mol. The summed E-state index contributed by atoms with van der Waals surface area (Å²) in [6.07, 6.45) is 10.7. The lowest BCUT2D eigenvalue weighted by molar-refractivity contribution is 0.161. The normalized spacial score (nSPS) is 26.7. The molecule has 0 aliphatic carbocycles. The van der Waals surface area contributed by atoms with Gasteiger partial charge >= 0.3 is 0 Å². The number of rotatable bonds is 7. The zero-order valence-electron chi connectivity index (χ0n) is 18.9. The summed E-state index contributed by atoms with van der Waals surface area (Å²) in [5, 5.41) is 3.54. The minimum absolute atomic E-state index is 0.259. The molecule has 0 aromatic carbocycles. The number of hydrogen-bond acceptors (Lipinski definition) is 7. The molecule has 8 nitrogen and oxygen atoms in total. The summed E-state index contributed by atoms with van der Waals surface area (Å²) in [7, 11) is -3.11. The van der Waals surface area contributed by atoms with E-state index >= 15 is 0 Å². The van der Waals surface area contributed by atoms with E-state index < -0.39 is 10.0 Å². The van der Waals surface area contributed by atoms with Gasteiger partial charge in [0.25, 0.3) is 0 Å². The Morgan fingerprint density at radius 1 is 1.03 bits per heavy atom. The molecule has 174 valence electrons. The van der Waals surface area contributed by atoms with E-state index in [0.717, 1.165) is 51.3 Å². The van der Waals surface area contributed by atoms with Crippen molar-refractivity contribution in [2.75, 3.05) is 55.2 Å². The smallest absolute Gasteiger partial charge is 0.224 e. The van der Waals surface area contributed by atoms with Gasteiger partial charge in [-0.25, -0.2) is 17.7 Å².